The van der Waals surface area contributed by atoms with Crippen molar-refractivity contribution in [2.45, 2.75) is 13.3 Å². The Morgan fingerprint density at radius 1 is 1.15 bits per heavy atom. The van der Waals surface area contributed by atoms with Gasteiger partial charge >= 0.3 is 0 Å². The lowest BCUT2D eigenvalue weighted by Crippen LogP contribution is -1.88. The molecule has 0 saturated carbocycles. The molecule has 2 heterocycles. The van der Waals surface area contributed by atoms with Crippen molar-refractivity contribution in [2.24, 2.45) is 0 Å². The van der Waals surface area contributed by atoms with Gasteiger partial charge in [0.15, 0.2) is 0 Å². The van der Waals surface area contributed by atoms with Gasteiger partial charge in [0.05, 0.1) is 5.69 Å². The number of thiazole rings is 1. The first-order chi connectivity index (χ1) is 9.72. The average molecular weight is 281 g/mol. The van der Waals surface area contributed by atoms with E-state index in [2.05, 4.69) is 23.0 Å². The summed E-state index contributed by atoms with van der Waals surface area (Å²) in [5.74, 6) is 0. The maximum Gasteiger partial charge on any atom is 0.123 e. The molecule has 3 aromatic rings. The van der Waals surface area contributed by atoms with E-state index in [0.717, 1.165) is 28.4 Å². The van der Waals surface area contributed by atoms with Gasteiger partial charge in [-0.1, -0.05) is 6.07 Å². The first-order valence-corrected chi connectivity index (χ1v) is 7.25. The summed E-state index contributed by atoms with van der Waals surface area (Å²) in [6.07, 6.45) is 4.58. The lowest BCUT2D eigenvalue weighted by Gasteiger charge is -1.98. The molecule has 2 aromatic heterocycles. The summed E-state index contributed by atoms with van der Waals surface area (Å²) in [5, 5.41) is 1.04. The summed E-state index contributed by atoms with van der Waals surface area (Å²) in [4.78, 5) is 10.1. The summed E-state index contributed by atoms with van der Waals surface area (Å²) in [6.45, 7) is 2.06. The molecule has 0 spiro atoms. The van der Waals surface area contributed by atoms with Crippen LogP contribution in [0.2, 0.25) is 0 Å². The standard InChI is InChI=1S/C16H15N3S/c1-11-15(9-12-3-2-8-18-10-12)20-16(19-11)13-4-6-14(17)7-5-13/h2-8,10H,9,17H2,1H3. The number of nitrogens with zero attached hydrogens (tertiary/aromatic N) is 2. The van der Waals surface area contributed by atoms with Gasteiger partial charge in [-0.15, -0.1) is 11.3 Å². The number of anilines is 1. The lowest BCUT2D eigenvalue weighted by molar-refractivity contribution is 1.12. The third-order valence-corrected chi connectivity index (χ3v) is 4.34. The van der Waals surface area contributed by atoms with Crippen LogP contribution in [0.3, 0.4) is 0 Å². The zero-order chi connectivity index (χ0) is 13.9. The third-order valence-electron chi connectivity index (χ3n) is 3.14. The van der Waals surface area contributed by atoms with E-state index in [0.29, 0.717) is 0 Å². The van der Waals surface area contributed by atoms with Gasteiger partial charge in [0, 0.05) is 34.9 Å². The van der Waals surface area contributed by atoms with E-state index in [1.54, 1.807) is 17.5 Å². The van der Waals surface area contributed by atoms with Gasteiger partial charge in [-0.05, 0) is 42.8 Å². The zero-order valence-electron chi connectivity index (χ0n) is 11.2. The summed E-state index contributed by atoms with van der Waals surface area (Å²) in [7, 11) is 0. The van der Waals surface area contributed by atoms with E-state index in [4.69, 9.17) is 5.73 Å². The van der Waals surface area contributed by atoms with Crippen LogP contribution < -0.4 is 5.73 Å². The van der Waals surface area contributed by atoms with Crippen LogP contribution in [0.1, 0.15) is 16.1 Å². The highest BCUT2D eigenvalue weighted by molar-refractivity contribution is 7.15. The number of nitrogens with two attached hydrogens (primary N) is 1. The number of nitrogen functional groups attached to an aromatic ring is 1. The van der Waals surface area contributed by atoms with Crippen LogP contribution in [0.15, 0.2) is 48.8 Å². The molecule has 3 rings (SSSR count). The highest BCUT2D eigenvalue weighted by atomic mass is 32.1. The summed E-state index contributed by atoms with van der Waals surface area (Å²) in [5.41, 5.74) is 9.91. The van der Waals surface area contributed by atoms with Gasteiger partial charge < -0.3 is 5.73 Å². The van der Waals surface area contributed by atoms with Gasteiger partial charge in [0.1, 0.15) is 5.01 Å². The van der Waals surface area contributed by atoms with E-state index in [1.807, 2.05) is 36.5 Å². The van der Waals surface area contributed by atoms with Crippen LogP contribution in [0.4, 0.5) is 5.69 Å². The number of hydrogen-bond donors (Lipinski definition) is 1. The molecule has 0 aliphatic heterocycles. The number of rotatable bonds is 3. The van der Waals surface area contributed by atoms with E-state index in [9.17, 15) is 0 Å². The van der Waals surface area contributed by atoms with Crippen molar-refractivity contribution in [1.29, 1.82) is 0 Å². The fourth-order valence-corrected chi connectivity index (χ4v) is 3.13. The van der Waals surface area contributed by atoms with Gasteiger partial charge in [0.25, 0.3) is 0 Å². The van der Waals surface area contributed by atoms with Crippen molar-refractivity contribution in [3.8, 4) is 10.6 Å². The Bertz CT molecular complexity index is 702. The Kier molecular flexibility index (Phi) is 3.48. The summed E-state index contributed by atoms with van der Waals surface area (Å²) in [6, 6.07) is 11.9. The normalized spacial score (nSPS) is 10.7. The van der Waals surface area contributed by atoms with Crippen LogP contribution >= 0.6 is 11.3 Å². The molecule has 0 bridgehead atoms. The van der Waals surface area contributed by atoms with Gasteiger partial charge in [-0.3, -0.25) is 4.98 Å². The fraction of sp³-hybridized carbons (Fsp3) is 0.125. The van der Waals surface area contributed by atoms with E-state index in [1.165, 1.54) is 10.4 Å². The molecule has 100 valence electrons. The molecule has 0 fully saturated rings. The average Bonchev–Trinajstić information content (AvgIpc) is 2.82. The molecule has 0 unspecified atom stereocenters. The summed E-state index contributed by atoms with van der Waals surface area (Å²) < 4.78 is 0. The maximum atomic E-state index is 5.72. The molecule has 2 N–H and O–H groups in total. The molecule has 3 nitrogen and oxygen atoms in total. The van der Waals surface area contributed by atoms with Crippen molar-refractivity contribution < 1.29 is 0 Å². The van der Waals surface area contributed by atoms with E-state index >= 15 is 0 Å². The smallest absolute Gasteiger partial charge is 0.123 e. The van der Waals surface area contributed by atoms with Crippen LogP contribution in [0.25, 0.3) is 10.6 Å². The highest BCUT2D eigenvalue weighted by Crippen LogP contribution is 2.29. The Hall–Kier alpha value is -2.20. The topological polar surface area (TPSA) is 51.8 Å². The molecule has 20 heavy (non-hydrogen) atoms. The van der Waals surface area contributed by atoms with Crippen molar-refractivity contribution in [3.63, 3.8) is 0 Å². The molecule has 0 amide bonds. The second kappa shape index (κ2) is 5.43. The van der Waals surface area contributed by atoms with Crippen molar-refractivity contribution >= 4 is 17.0 Å². The third kappa shape index (κ3) is 2.70. The molecular weight excluding hydrogens is 266 g/mol. The monoisotopic (exact) mass is 281 g/mol. The minimum atomic E-state index is 0.776. The minimum Gasteiger partial charge on any atom is -0.399 e. The number of benzene rings is 1. The Labute approximate surface area is 122 Å². The SMILES string of the molecule is Cc1nc(-c2ccc(N)cc2)sc1Cc1cccnc1. The predicted octanol–water partition coefficient (Wildman–Crippen LogP) is 3.69. The van der Waals surface area contributed by atoms with Crippen molar-refractivity contribution in [3.05, 3.63) is 64.9 Å². The number of aromatic nitrogens is 2. The second-order valence-electron chi connectivity index (χ2n) is 4.69. The maximum absolute atomic E-state index is 5.72. The largest absolute Gasteiger partial charge is 0.399 e. The van der Waals surface area contributed by atoms with Crippen LogP contribution in [-0.4, -0.2) is 9.97 Å². The first kappa shape index (κ1) is 12.8. The molecule has 0 radical (unpaired) electrons. The summed E-state index contributed by atoms with van der Waals surface area (Å²) >= 11 is 1.73. The Morgan fingerprint density at radius 3 is 2.65 bits per heavy atom. The molecule has 0 saturated heterocycles. The molecule has 4 heteroatoms. The Morgan fingerprint density at radius 2 is 1.95 bits per heavy atom. The van der Waals surface area contributed by atoms with Crippen LogP contribution in [0.5, 0.6) is 0 Å². The molecule has 0 atom stereocenters. The van der Waals surface area contributed by atoms with Gasteiger partial charge in [-0.25, -0.2) is 4.98 Å². The molecule has 0 aliphatic carbocycles. The quantitative estimate of drug-likeness (QED) is 0.745. The number of pyridine rings is 1. The number of hydrogen-bond acceptors (Lipinski definition) is 4. The molecular formula is C16H15N3S. The van der Waals surface area contributed by atoms with Crippen molar-refractivity contribution in [2.75, 3.05) is 5.73 Å². The fourth-order valence-electron chi connectivity index (χ4n) is 2.03. The minimum absolute atomic E-state index is 0.776. The Balaban J connectivity index is 1.89. The van der Waals surface area contributed by atoms with E-state index < -0.39 is 0 Å². The van der Waals surface area contributed by atoms with E-state index in [-0.39, 0.29) is 0 Å². The second-order valence-corrected chi connectivity index (χ2v) is 5.77. The number of aryl methyl sites for hydroxylation is 1. The molecule has 1 aromatic carbocycles. The zero-order valence-corrected chi connectivity index (χ0v) is 12.0. The van der Waals surface area contributed by atoms with Gasteiger partial charge in [-0.2, -0.15) is 0 Å². The first-order valence-electron chi connectivity index (χ1n) is 6.43. The molecule has 0 aliphatic rings. The van der Waals surface area contributed by atoms with Gasteiger partial charge in [0.2, 0.25) is 0 Å². The van der Waals surface area contributed by atoms with Crippen molar-refractivity contribution in [1.82, 2.24) is 9.97 Å². The van der Waals surface area contributed by atoms with Crippen LogP contribution in [0, 0.1) is 6.92 Å². The van der Waals surface area contributed by atoms with Crippen LogP contribution in [-0.2, 0) is 6.42 Å². The lowest BCUT2D eigenvalue weighted by atomic mass is 10.2. The highest BCUT2D eigenvalue weighted by Gasteiger charge is 2.10. The predicted molar refractivity (Wildman–Crippen MR) is 83.7 cm³/mol.